The van der Waals surface area contributed by atoms with Crippen LogP contribution in [0.25, 0.3) is 0 Å². The van der Waals surface area contributed by atoms with Crippen LogP contribution >= 0.6 is 0 Å². The zero-order valence-corrected chi connectivity index (χ0v) is 26.7. The zero-order chi connectivity index (χ0) is 32.4. The Morgan fingerprint density at radius 1 is 1.11 bits per heavy atom. The van der Waals surface area contributed by atoms with Gasteiger partial charge in [0, 0.05) is 43.6 Å². The molecule has 1 aliphatic heterocycles. The molecule has 0 aliphatic carbocycles. The van der Waals surface area contributed by atoms with Crippen LogP contribution in [0.1, 0.15) is 51.5 Å². The van der Waals surface area contributed by atoms with Crippen molar-refractivity contribution in [1.82, 2.24) is 9.21 Å². The van der Waals surface area contributed by atoms with E-state index in [1.54, 1.807) is 54.3 Å². The molecule has 0 bridgehead atoms. The second-order valence-corrected chi connectivity index (χ2v) is 13.6. The summed E-state index contributed by atoms with van der Waals surface area (Å²) < 4.78 is 31.8. The summed E-state index contributed by atoms with van der Waals surface area (Å²) in [4.78, 5) is 39.8. The first kappa shape index (κ1) is 34.8. The largest absolute Gasteiger partial charge is 0.488 e. The van der Waals surface area contributed by atoms with Crippen LogP contribution in [0.4, 0.5) is 17.1 Å². The predicted octanol–water partition coefficient (Wildman–Crippen LogP) is 2.84. The molecule has 1 heterocycles. The zero-order valence-electron chi connectivity index (χ0n) is 25.9. The maximum Gasteiger partial charge on any atom is 0.227 e. The summed E-state index contributed by atoms with van der Waals surface area (Å²) in [6.45, 7) is 3.78. The summed E-state index contributed by atoms with van der Waals surface area (Å²) in [5.74, 6) is -0.345. The molecule has 2 aromatic carbocycles. The number of aliphatic hydroxyl groups excluding tert-OH is 1. The lowest BCUT2D eigenvalue weighted by molar-refractivity contribution is -0.134. The molecule has 0 unspecified atom stereocenters. The maximum absolute atomic E-state index is 13.4. The van der Waals surface area contributed by atoms with E-state index in [0.717, 1.165) is 6.26 Å². The van der Waals surface area contributed by atoms with Gasteiger partial charge in [0.1, 0.15) is 11.9 Å². The van der Waals surface area contributed by atoms with Crippen molar-refractivity contribution in [3.63, 3.8) is 0 Å². The Morgan fingerprint density at radius 2 is 1.77 bits per heavy atom. The molecule has 44 heavy (non-hydrogen) atoms. The number of ether oxygens (including phenoxy) is 1. The molecule has 0 fully saturated rings. The predicted molar refractivity (Wildman–Crippen MR) is 171 cm³/mol. The lowest BCUT2D eigenvalue weighted by Gasteiger charge is -2.33. The molecular formula is C31H45N5O7S. The van der Waals surface area contributed by atoms with Crippen LogP contribution in [0.5, 0.6) is 5.75 Å². The maximum atomic E-state index is 13.4. The molecule has 0 aromatic heterocycles. The van der Waals surface area contributed by atoms with Gasteiger partial charge in [-0.2, -0.15) is 0 Å². The van der Waals surface area contributed by atoms with Crippen molar-refractivity contribution >= 4 is 44.8 Å². The van der Waals surface area contributed by atoms with E-state index in [4.69, 9.17) is 10.5 Å². The van der Waals surface area contributed by atoms with Crippen molar-refractivity contribution in [3.8, 4) is 5.75 Å². The Kier molecular flexibility index (Phi) is 12.6. The topological polar surface area (TPSA) is 171 Å². The normalized spacial score (nSPS) is 18.0. The van der Waals surface area contributed by atoms with Gasteiger partial charge in [-0.3, -0.25) is 14.4 Å². The van der Waals surface area contributed by atoms with E-state index in [1.165, 1.54) is 11.4 Å². The number of aliphatic hydroxyl groups is 1. The van der Waals surface area contributed by atoms with Crippen LogP contribution in [0, 0.1) is 5.92 Å². The number of likely N-dealkylation sites (N-methyl/N-ethyl adjacent to an activating group) is 1. The van der Waals surface area contributed by atoms with Crippen LogP contribution < -0.4 is 21.1 Å². The number of nitrogen functional groups attached to an aromatic ring is 1. The number of anilines is 3. The van der Waals surface area contributed by atoms with Gasteiger partial charge in [-0.1, -0.05) is 25.5 Å². The van der Waals surface area contributed by atoms with Crippen molar-refractivity contribution in [2.24, 2.45) is 5.92 Å². The number of sulfonamides is 1. The summed E-state index contributed by atoms with van der Waals surface area (Å²) >= 11 is 0. The quantitative estimate of drug-likeness (QED) is 0.193. The minimum absolute atomic E-state index is 0.0125. The third kappa shape index (κ3) is 10.2. The smallest absolute Gasteiger partial charge is 0.227 e. The molecule has 3 rings (SSSR count). The van der Waals surface area contributed by atoms with E-state index in [9.17, 15) is 27.9 Å². The number of nitrogens with two attached hydrogens (primary N) is 1. The first-order valence-electron chi connectivity index (χ1n) is 14.8. The molecule has 0 radical (unpaired) electrons. The van der Waals surface area contributed by atoms with Crippen LogP contribution in [0.15, 0.2) is 42.5 Å². The van der Waals surface area contributed by atoms with E-state index < -0.39 is 22.2 Å². The number of rotatable bonds is 13. The molecule has 0 saturated heterocycles. The van der Waals surface area contributed by atoms with Gasteiger partial charge in [0.15, 0.2) is 0 Å². The lowest BCUT2D eigenvalue weighted by Crippen LogP contribution is -2.48. The minimum Gasteiger partial charge on any atom is -0.488 e. The second-order valence-electron chi connectivity index (χ2n) is 11.5. The highest BCUT2D eigenvalue weighted by Gasteiger charge is 2.32. The second kappa shape index (κ2) is 15.9. The van der Waals surface area contributed by atoms with E-state index in [2.05, 4.69) is 10.6 Å². The van der Waals surface area contributed by atoms with Gasteiger partial charge < -0.3 is 31.1 Å². The van der Waals surface area contributed by atoms with Crippen LogP contribution in [0.3, 0.4) is 0 Å². The van der Waals surface area contributed by atoms with Gasteiger partial charge in [0.2, 0.25) is 27.7 Å². The monoisotopic (exact) mass is 631 g/mol. The standard InChI is InChI=1S/C31H45N5O7S/c1-21-18-36(22(2)20-37)31(40)17-23-16-24(14-15-27(23)43-28(21)19-35(3)44(4,41)42)33-29(38)12-6-5-7-13-30(39)34-26-11-9-8-10-25(26)32/h8-11,14-16,21-22,28,37H,5-7,12-13,17-20,32H2,1-4H3,(H,33,38)(H,34,39)/t21-,22+,28+/m0/s1. The number of carbonyl (C=O) groups is 3. The SMILES string of the molecule is C[C@H](CO)N1C[C@H](C)[C@@H](CN(C)S(C)(=O)=O)Oc2ccc(NC(=O)CCCCCC(=O)Nc3ccccc3N)cc2CC1=O. The van der Waals surface area contributed by atoms with Crippen molar-refractivity contribution in [3.05, 3.63) is 48.0 Å². The van der Waals surface area contributed by atoms with Gasteiger partial charge in [-0.05, 0) is 50.1 Å². The third-order valence-electron chi connectivity index (χ3n) is 7.75. The summed E-state index contributed by atoms with van der Waals surface area (Å²) in [6.07, 6.45) is 3.04. The number of nitrogens with zero attached hydrogens (tertiary/aromatic N) is 2. The first-order chi connectivity index (χ1) is 20.8. The minimum atomic E-state index is -3.47. The van der Waals surface area contributed by atoms with Gasteiger partial charge in [-0.25, -0.2) is 12.7 Å². The average Bonchev–Trinajstić information content (AvgIpc) is 3.00. The molecule has 3 amide bonds. The van der Waals surface area contributed by atoms with Crippen molar-refractivity contribution in [1.29, 1.82) is 0 Å². The number of hydrogen-bond donors (Lipinski definition) is 4. The Hall–Kier alpha value is -3.68. The molecule has 12 nitrogen and oxygen atoms in total. The highest BCUT2D eigenvalue weighted by atomic mass is 32.2. The molecular weight excluding hydrogens is 586 g/mol. The number of para-hydroxylation sites is 2. The number of nitrogens with one attached hydrogen (secondary N) is 2. The van der Waals surface area contributed by atoms with Gasteiger partial charge >= 0.3 is 0 Å². The molecule has 242 valence electrons. The fraction of sp³-hybridized carbons (Fsp3) is 0.516. The number of hydrogen-bond acceptors (Lipinski definition) is 8. The van der Waals surface area contributed by atoms with E-state index in [0.29, 0.717) is 54.1 Å². The Morgan fingerprint density at radius 3 is 2.41 bits per heavy atom. The molecule has 1 aliphatic rings. The average molecular weight is 632 g/mol. The van der Waals surface area contributed by atoms with E-state index in [-0.39, 0.29) is 56.2 Å². The Labute approximate surface area is 260 Å². The number of amides is 3. The van der Waals surface area contributed by atoms with Crippen LogP contribution in [-0.2, 0) is 30.8 Å². The molecule has 0 spiro atoms. The highest BCUT2D eigenvalue weighted by molar-refractivity contribution is 7.88. The number of benzene rings is 2. The summed E-state index contributed by atoms with van der Waals surface area (Å²) in [6, 6.07) is 11.7. The van der Waals surface area contributed by atoms with Crippen molar-refractivity contribution in [2.45, 2.75) is 64.5 Å². The van der Waals surface area contributed by atoms with Crippen LogP contribution in [0.2, 0.25) is 0 Å². The van der Waals surface area contributed by atoms with Gasteiger partial charge in [-0.15, -0.1) is 0 Å². The molecule has 13 heteroatoms. The lowest BCUT2D eigenvalue weighted by atomic mass is 10.0. The Bertz CT molecular complexity index is 1420. The van der Waals surface area contributed by atoms with Gasteiger partial charge in [0.05, 0.1) is 43.2 Å². The Balaban J connectivity index is 1.62. The van der Waals surface area contributed by atoms with Gasteiger partial charge in [0.25, 0.3) is 0 Å². The fourth-order valence-electron chi connectivity index (χ4n) is 4.91. The molecule has 0 saturated carbocycles. The summed E-state index contributed by atoms with van der Waals surface area (Å²) in [5, 5.41) is 15.5. The number of carbonyl (C=O) groups excluding carboxylic acids is 3. The molecule has 3 atom stereocenters. The summed E-state index contributed by atoms with van der Waals surface area (Å²) in [7, 11) is -1.99. The van der Waals surface area contributed by atoms with E-state index in [1.807, 2.05) is 6.92 Å². The van der Waals surface area contributed by atoms with Crippen LogP contribution in [-0.4, -0.2) is 85.6 Å². The third-order valence-corrected chi connectivity index (χ3v) is 9.03. The molecule has 2 aromatic rings. The highest BCUT2D eigenvalue weighted by Crippen LogP contribution is 2.29. The first-order valence-corrected chi connectivity index (χ1v) is 16.7. The number of fused-ring (bicyclic) bond motifs is 1. The van der Waals surface area contributed by atoms with Crippen molar-refractivity contribution < 1.29 is 32.6 Å². The molecule has 5 N–H and O–H groups in total. The van der Waals surface area contributed by atoms with Crippen molar-refractivity contribution in [2.75, 3.05) is 49.4 Å². The summed E-state index contributed by atoms with van der Waals surface area (Å²) in [5.41, 5.74) is 8.00. The van der Waals surface area contributed by atoms with E-state index >= 15 is 0 Å². The number of unbranched alkanes of at least 4 members (excludes halogenated alkanes) is 2. The fourth-order valence-corrected chi connectivity index (χ4v) is 5.33.